The molecule has 0 spiro atoms. The molecule has 3 aromatic carbocycles. The van der Waals surface area contributed by atoms with E-state index >= 15 is 0 Å². The highest BCUT2D eigenvalue weighted by Crippen LogP contribution is 2.27. The smallest absolute Gasteiger partial charge is 0.244 e. The van der Waals surface area contributed by atoms with E-state index in [-0.39, 0.29) is 29.6 Å². The van der Waals surface area contributed by atoms with Crippen molar-refractivity contribution in [1.29, 1.82) is 0 Å². The summed E-state index contributed by atoms with van der Waals surface area (Å²) in [6.45, 7) is -0.373. The van der Waals surface area contributed by atoms with Crippen LogP contribution in [0.25, 0.3) is 0 Å². The second kappa shape index (κ2) is 11.9. The number of carbonyl (C=O) groups is 2. The maximum Gasteiger partial charge on any atom is 0.244 e. The molecule has 0 saturated carbocycles. The quantitative estimate of drug-likeness (QED) is 0.449. The van der Waals surface area contributed by atoms with Crippen molar-refractivity contribution in [2.75, 3.05) is 24.2 Å². The summed E-state index contributed by atoms with van der Waals surface area (Å²) >= 11 is 6.27. The van der Waals surface area contributed by atoms with Gasteiger partial charge < -0.3 is 10.2 Å². The zero-order valence-electron chi connectivity index (χ0n) is 19.6. The molecule has 0 fully saturated rings. The first kappa shape index (κ1) is 26.2. The number of para-hydroxylation sites is 1. The molecule has 1 atom stereocenters. The fourth-order valence-electron chi connectivity index (χ4n) is 3.75. The van der Waals surface area contributed by atoms with Gasteiger partial charge in [-0.1, -0.05) is 84.4 Å². The van der Waals surface area contributed by atoms with Gasteiger partial charge in [0, 0.05) is 20.0 Å². The number of halogens is 1. The van der Waals surface area contributed by atoms with E-state index in [2.05, 4.69) is 5.32 Å². The van der Waals surface area contributed by atoms with Gasteiger partial charge in [0.1, 0.15) is 12.6 Å². The molecule has 0 radical (unpaired) electrons. The fraction of sp³-hybridized carbons (Fsp3) is 0.231. The number of nitrogens with zero attached hydrogens (tertiary/aromatic N) is 2. The molecule has 1 unspecified atom stereocenters. The highest BCUT2D eigenvalue weighted by molar-refractivity contribution is 7.92. The zero-order valence-corrected chi connectivity index (χ0v) is 21.2. The third-order valence-electron chi connectivity index (χ3n) is 5.51. The maximum absolute atomic E-state index is 13.7. The highest BCUT2D eigenvalue weighted by Gasteiger charge is 2.33. The molecule has 0 heterocycles. The molecule has 9 heteroatoms. The topological polar surface area (TPSA) is 86.8 Å². The minimum absolute atomic E-state index is 0.130. The van der Waals surface area contributed by atoms with Crippen molar-refractivity contribution in [2.45, 2.75) is 19.0 Å². The van der Waals surface area contributed by atoms with E-state index in [1.807, 2.05) is 60.7 Å². The molecule has 0 aliphatic rings. The summed E-state index contributed by atoms with van der Waals surface area (Å²) in [7, 11) is -2.34. The molecule has 0 saturated heterocycles. The Kier molecular flexibility index (Phi) is 8.89. The van der Waals surface area contributed by atoms with Gasteiger partial charge in [-0.2, -0.15) is 0 Å². The molecular weight excluding hydrogens is 486 g/mol. The number of carbonyl (C=O) groups excluding carboxylic acids is 2. The van der Waals surface area contributed by atoms with Crippen LogP contribution in [0.5, 0.6) is 0 Å². The van der Waals surface area contributed by atoms with Crippen LogP contribution in [0.15, 0.2) is 84.9 Å². The molecule has 1 N–H and O–H groups in total. The van der Waals surface area contributed by atoms with Crippen LogP contribution in [0.3, 0.4) is 0 Å². The van der Waals surface area contributed by atoms with Crippen LogP contribution in [0.1, 0.15) is 11.1 Å². The van der Waals surface area contributed by atoms with Crippen molar-refractivity contribution in [1.82, 2.24) is 10.2 Å². The van der Waals surface area contributed by atoms with Crippen LogP contribution in [-0.2, 0) is 32.6 Å². The van der Waals surface area contributed by atoms with Crippen molar-refractivity contribution in [3.8, 4) is 0 Å². The summed E-state index contributed by atoms with van der Waals surface area (Å²) in [5.74, 6) is -0.870. The average Bonchev–Trinajstić information content (AvgIpc) is 2.85. The molecule has 3 aromatic rings. The first-order chi connectivity index (χ1) is 16.7. The Morgan fingerprint density at radius 3 is 1.97 bits per heavy atom. The molecular formula is C26H28ClN3O4S. The van der Waals surface area contributed by atoms with Crippen molar-refractivity contribution in [3.05, 3.63) is 101 Å². The Morgan fingerprint density at radius 1 is 0.886 bits per heavy atom. The van der Waals surface area contributed by atoms with Gasteiger partial charge in [0.25, 0.3) is 0 Å². The predicted octanol–water partition coefficient (Wildman–Crippen LogP) is 3.49. The summed E-state index contributed by atoms with van der Waals surface area (Å²) in [5, 5.41) is 2.85. The van der Waals surface area contributed by atoms with Gasteiger partial charge in [-0.05, 0) is 23.3 Å². The van der Waals surface area contributed by atoms with Crippen LogP contribution in [0.2, 0.25) is 5.02 Å². The summed E-state index contributed by atoms with van der Waals surface area (Å²) < 4.78 is 26.3. The van der Waals surface area contributed by atoms with E-state index < -0.39 is 28.5 Å². The molecule has 0 bridgehead atoms. The lowest BCUT2D eigenvalue weighted by molar-refractivity contribution is -0.139. The monoisotopic (exact) mass is 513 g/mol. The van der Waals surface area contributed by atoms with Gasteiger partial charge in [-0.25, -0.2) is 8.42 Å². The highest BCUT2D eigenvalue weighted by atomic mass is 35.5. The summed E-state index contributed by atoms with van der Waals surface area (Å²) in [4.78, 5) is 28.2. The second-order valence-electron chi connectivity index (χ2n) is 8.05. The summed E-state index contributed by atoms with van der Waals surface area (Å²) in [6, 6.07) is 24.2. The molecule has 184 valence electrons. The lowest BCUT2D eigenvalue weighted by Crippen LogP contribution is -2.52. The third-order valence-corrected chi connectivity index (χ3v) is 6.96. The number of rotatable bonds is 10. The van der Waals surface area contributed by atoms with Crippen molar-refractivity contribution in [2.24, 2.45) is 0 Å². The Hall–Kier alpha value is -3.36. The number of hydrogen-bond donors (Lipinski definition) is 1. The number of nitrogens with one attached hydrogen (secondary N) is 1. The zero-order chi connectivity index (χ0) is 25.4. The van der Waals surface area contributed by atoms with Gasteiger partial charge in [-0.3, -0.25) is 13.9 Å². The molecule has 3 rings (SSSR count). The fourth-order valence-corrected chi connectivity index (χ4v) is 4.90. The van der Waals surface area contributed by atoms with Gasteiger partial charge in [-0.15, -0.1) is 0 Å². The standard InChI is InChI=1S/C26H28ClN3O4S/c1-28-26(32)24(17-20-11-5-3-6-12-20)29(18-21-13-7-4-8-14-21)25(31)19-30(35(2,33)34)23-16-10-9-15-22(23)27/h3-16,24H,17-19H2,1-2H3,(H,28,32). The largest absolute Gasteiger partial charge is 0.357 e. The van der Waals surface area contributed by atoms with Crippen LogP contribution in [-0.4, -0.2) is 51.0 Å². The molecule has 35 heavy (non-hydrogen) atoms. The third kappa shape index (κ3) is 7.07. The van der Waals surface area contributed by atoms with Crippen molar-refractivity contribution < 1.29 is 18.0 Å². The normalized spacial score (nSPS) is 12.0. The van der Waals surface area contributed by atoms with Crippen LogP contribution >= 0.6 is 11.6 Å². The number of benzene rings is 3. The van der Waals surface area contributed by atoms with Gasteiger partial charge >= 0.3 is 0 Å². The first-order valence-corrected chi connectivity index (χ1v) is 13.2. The lowest BCUT2D eigenvalue weighted by Gasteiger charge is -2.33. The summed E-state index contributed by atoms with van der Waals surface area (Å²) in [5.41, 5.74) is 1.88. The van der Waals surface area contributed by atoms with Crippen molar-refractivity contribution in [3.63, 3.8) is 0 Å². The lowest BCUT2D eigenvalue weighted by atomic mass is 10.0. The van der Waals surface area contributed by atoms with Gasteiger partial charge in [0.2, 0.25) is 21.8 Å². The minimum Gasteiger partial charge on any atom is -0.357 e. The Labute approximate surface area is 211 Å². The molecule has 0 aromatic heterocycles. The van der Waals surface area contributed by atoms with Crippen LogP contribution in [0, 0.1) is 0 Å². The molecule has 7 nitrogen and oxygen atoms in total. The Bertz CT molecular complexity index is 1250. The number of anilines is 1. The van der Waals surface area contributed by atoms with E-state index in [1.165, 1.54) is 11.9 Å². The number of amides is 2. The Balaban J connectivity index is 2.01. The van der Waals surface area contributed by atoms with E-state index in [0.29, 0.717) is 0 Å². The maximum atomic E-state index is 13.7. The summed E-state index contributed by atoms with van der Waals surface area (Å²) in [6.07, 6.45) is 1.29. The number of hydrogen-bond acceptors (Lipinski definition) is 4. The number of sulfonamides is 1. The van der Waals surface area contributed by atoms with Crippen LogP contribution in [0.4, 0.5) is 5.69 Å². The second-order valence-corrected chi connectivity index (χ2v) is 10.4. The minimum atomic E-state index is -3.85. The molecule has 2 amide bonds. The van der Waals surface area contributed by atoms with Crippen molar-refractivity contribution >= 4 is 39.1 Å². The van der Waals surface area contributed by atoms with E-state index in [9.17, 15) is 18.0 Å². The van der Waals surface area contributed by atoms with E-state index in [0.717, 1.165) is 21.7 Å². The molecule has 0 aliphatic carbocycles. The van der Waals surface area contributed by atoms with Gasteiger partial charge in [0.05, 0.1) is 17.0 Å². The van der Waals surface area contributed by atoms with Crippen LogP contribution < -0.4 is 9.62 Å². The predicted molar refractivity (Wildman–Crippen MR) is 139 cm³/mol. The van der Waals surface area contributed by atoms with E-state index in [4.69, 9.17) is 11.6 Å². The average molecular weight is 514 g/mol. The van der Waals surface area contributed by atoms with Gasteiger partial charge in [0.15, 0.2) is 0 Å². The first-order valence-electron chi connectivity index (χ1n) is 11.0. The molecule has 0 aliphatic heterocycles. The SMILES string of the molecule is CNC(=O)C(Cc1ccccc1)N(Cc1ccccc1)C(=O)CN(c1ccccc1Cl)S(C)(=O)=O. The number of likely N-dealkylation sites (N-methyl/N-ethyl adjacent to an activating group) is 1. The Morgan fingerprint density at radius 2 is 1.43 bits per heavy atom. The van der Waals surface area contributed by atoms with E-state index in [1.54, 1.807) is 24.3 Å².